The van der Waals surface area contributed by atoms with Gasteiger partial charge in [0, 0.05) is 19.7 Å². The molecule has 2 rings (SSSR count). The maximum absolute atomic E-state index is 11.7. The number of carbonyl (C=O) groups is 1. The fourth-order valence-electron chi connectivity index (χ4n) is 2.27. The smallest absolute Gasteiger partial charge is 0.224 e. The number of hydrogen-bond acceptors (Lipinski definition) is 3. The summed E-state index contributed by atoms with van der Waals surface area (Å²) in [6.07, 6.45) is 3.12. The molecule has 86 valence electrons. The van der Waals surface area contributed by atoms with Gasteiger partial charge in [0.2, 0.25) is 5.91 Å². The van der Waals surface area contributed by atoms with Crippen LogP contribution >= 0.6 is 0 Å². The van der Waals surface area contributed by atoms with Crippen LogP contribution in [0.15, 0.2) is 0 Å². The summed E-state index contributed by atoms with van der Waals surface area (Å²) in [5, 5.41) is 6.20. The SMILES string of the molecule is CC1(CNC(=O)C2CCNC2)CCCO1. The maximum atomic E-state index is 11.7. The number of carbonyl (C=O) groups excluding carboxylic acids is 1. The standard InChI is InChI=1S/C11H20N2O2/c1-11(4-2-6-15-11)8-13-10(14)9-3-5-12-7-9/h9,12H,2-8H2,1H3,(H,13,14). The molecule has 4 heteroatoms. The average molecular weight is 212 g/mol. The Morgan fingerprint density at radius 1 is 1.67 bits per heavy atom. The molecule has 0 aromatic rings. The molecular weight excluding hydrogens is 192 g/mol. The largest absolute Gasteiger partial charge is 0.373 e. The van der Waals surface area contributed by atoms with E-state index >= 15 is 0 Å². The van der Waals surface area contributed by atoms with Crippen molar-refractivity contribution in [3.05, 3.63) is 0 Å². The van der Waals surface area contributed by atoms with E-state index in [1.807, 2.05) is 0 Å². The first kappa shape index (κ1) is 10.9. The summed E-state index contributed by atoms with van der Waals surface area (Å²) >= 11 is 0. The van der Waals surface area contributed by atoms with Crippen LogP contribution in [0, 0.1) is 5.92 Å². The Kier molecular flexibility index (Phi) is 3.26. The van der Waals surface area contributed by atoms with Gasteiger partial charge in [-0.25, -0.2) is 0 Å². The Morgan fingerprint density at radius 3 is 3.13 bits per heavy atom. The summed E-state index contributed by atoms with van der Waals surface area (Å²) in [4.78, 5) is 11.7. The van der Waals surface area contributed by atoms with Gasteiger partial charge in [-0.2, -0.15) is 0 Å². The molecule has 0 spiro atoms. The van der Waals surface area contributed by atoms with E-state index in [0.29, 0.717) is 6.54 Å². The van der Waals surface area contributed by atoms with E-state index in [1.165, 1.54) is 0 Å². The quantitative estimate of drug-likeness (QED) is 0.706. The minimum absolute atomic E-state index is 0.123. The van der Waals surface area contributed by atoms with Gasteiger partial charge in [0.1, 0.15) is 0 Å². The molecule has 0 radical (unpaired) electrons. The highest BCUT2D eigenvalue weighted by Gasteiger charge is 2.31. The van der Waals surface area contributed by atoms with Crippen molar-refractivity contribution in [2.24, 2.45) is 5.92 Å². The molecule has 2 heterocycles. The van der Waals surface area contributed by atoms with Crippen LogP contribution in [0.1, 0.15) is 26.2 Å². The van der Waals surface area contributed by atoms with Gasteiger partial charge < -0.3 is 15.4 Å². The highest BCUT2D eigenvalue weighted by atomic mass is 16.5. The molecule has 2 saturated heterocycles. The van der Waals surface area contributed by atoms with Crippen molar-refractivity contribution in [1.29, 1.82) is 0 Å². The summed E-state index contributed by atoms with van der Waals surface area (Å²) in [7, 11) is 0. The molecule has 1 amide bonds. The zero-order valence-electron chi connectivity index (χ0n) is 9.34. The van der Waals surface area contributed by atoms with Gasteiger partial charge in [-0.05, 0) is 32.7 Å². The Balaban J connectivity index is 1.74. The van der Waals surface area contributed by atoms with Gasteiger partial charge in [-0.1, -0.05) is 0 Å². The van der Waals surface area contributed by atoms with Gasteiger partial charge >= 0.3 is 0 Å². The number of hydrogen-bond donors (Lipinski definition) is 2. The van der Waals surface area contributed by atoms with E-state index in [-0.39, 0.29) is 17.4 Å². The molecule has 2 fully saturated rings. The Hall–Kier alpha value is -0.610. The second kappa shape index (κ2) is 4.49. The van der Waals surface area contributed by atoms with Crippen molar-refractivity contribution in [2.75, 3.05) is 26.2 Å². The predicted molar refractivity (Wildman–Crippen MR) is 57.6 cm³/mol. The van der Waals surface area contributed by atoms with Crippen molar-refractivity contribution in [2.45, 2.75) is 31.8 Å². The maximum Gasteiger partial charge on any atom is 0.224 e. The minimum atomic E-state index is -0.123. The molecule has 0 saturated carbocycles. The van der Waals surface area contributed by atoms with Gasteiger partial charge in [0.15, 0.2) is 0 Å². The van der Waals surface area contributed by atoms with Gasteiger partial charge in [0.25, 0.3) is 0 Å². The van der Waals surface area contributed by atoms with Crippen LogP contribution in [0.5, 0.6) is 0 Å². The van der Waals surface area contributed by atoms with E-state index in [0.717, 1.165) is 39.0 Å². The zero-order chi connectivity index (χ0) is 10.7. The van der Waals surface area contributed by atoms with Crippen LogP contribution in [-0.4, -0.2) is 37.7 Å². The molecule has 15 heavy (non-hydrogen) atoms. The Labute approximate surface area is 90.8 Å². The highest BCUT2D eigenvalue weighted by molar-refractivity contribution is 5.79. The second-order valence-corrected chi connectivity index (χ2v) is 4.81. The molecular formula is C11H20N2O2. The number of nitrogens with one attached hydrogen (secondary N) is 2. The second-order valence-electron chi connectivity index (χ2n) is 4.81. The minimum Gasteiger partial charge on any atom is -0.373 e. The molecule has 0 aromatic heterocycles. The van der Waals surface area contributed by atoms with Gasteiger partial charge in [-0.15, -0.1) is 0 Å². The lowest BCUT2D eigenvalue weighted by Gasteiger charge is -2.24. The van der Waals surface area contributed by atoms with Crippen LogP contribution in [0.2, 0.25) is 0 Å². The van der Waals surface area contributed by atoms with Gasteiger partial charge in [0.05, 0.1) is 11.5 Å². The van der Waals surface area contributed by atoms with Crippen molar-refractivity contribution in [3.63, 3.8) is 0 Å². The lowest BCUT2D eigenvalue weighted by atomic mass is 10.0. The molecule has 4 nitrogen and oxygen atoms in total. The fraction of sp³-hybridized carbons (Fsp3) is 0.909. The van der Waals surface area contributed by atoms with Crippen molar-refractivity contribution in [1.82, 2.24) is 10.6 Å². The highest BCUT2D eigenvalue weighted by Crippen LogP contribution is 2.24. The first-order chi connectivity index (χ1) is 7.20. The van der Waals surface area contributed by atoms with Crippen molar-refractivity contribution >= 4 is 5.91 Å². The lowest BCUT2D eigenvalue weighted by molar-refractivity contribution is -0.125. The molecule has 2 aliphatic heterocycles. The Morgan fingerprint density at radius 2 is 2.53 bits per heavy atom. The summed E-state index contributed by atoms with van der Waals surface area (Å²) in [6, 6.07) is 0. The van der Waals surface area contributed by atoms with E-state index < -0.39 is 0 Å². The zero-order valence-corrected chi connectivity index (χ0v) is 9.34. The third-order valence-corrected chi connectivity index (χ3v) is 3.37. The monoisotopic (exact) mass is 212 g/mol. The van der Waals surface area contributed by atoms with Crippen molar-refractivity contribution in [3.8, 4) is 0 Å². The first-order valence-corrected chi connectivity index (χ1v) is 5.82. The lowest BCUT2D eigenvalue weighted by Crippen LogP contribution is -2.42. The summed E-state index contributed by atoms with van der Waals surface area (Å²) in [5.41, 5.74) is -0.123. The normalized spacial score (nSPS) is 35.7. The molecule has 0 bridgehead atoms. The van der Waals surface area contributed by atoms with Crippen LogP contribution in [-0.2, 0) is 9.53 Å². The van der Waals surface area contributed by atoms with Crippen LogP contribution in [0.25, 0.3) is 0 Å². The number of ether oxygens (including phenoxy) is 1. The predicted octanol–water partition coefficient (Wildman–Crippen LogP) is 0.281. The van der Waals surface area contributed by atoms with E-state index in [2.05, 4.69) is 17.6 Å². The van der Waals surface area contributed by atoms with Gasteiger partial charge in [-0.3, -0.25) is 4.79 Å². The third-order valence-electron chi connectivity index (χ3n) is 3.37. The topological polar surface area (TPSA) is 50.4 Å². The third kappa shape index (κ3) is 2.69. The Bertz CT molecular complexity index is 231. The molecule has 2 N–H and O–H groups in total. The molecule has 2 atom stereocenters. The first-order valence-electron chi connectivity index (χ1n) is 5.82. The molecule has 0 aliphatic carbocycles. The number of rotatable bonds is 3. The average Bonchev–Trinajstić information content (AvgIpc) is 2.85. The van der Waals surface area contributed by atoms with E-state index in [1.54, 1.807) is 0 Å². The summed E-state index contributed by atoms with van der Waals surface area (Å²) < 4.78 is 5.62. The molecule has 2 unspecified atom stereocenters. The summed E-state index contributed by atoms with van der Waals surface area (Å²) in [6.45, 7) is 5.35. The van der Waals surface area contributed by atoms with Crippen LogP contribution < -0.4 is 10.6 Å². The fourth-order valence-corrected chi connectivity index (χ4v) is 2.27. The van der Waals surface area contributed by atoms with Crippen molar-refractivity contribution < 1.29 is 9.53 Å². The molecule has 2 aliphatic rings. The molecule has 0 aromatic carbocycles. The summed E-state index contributed by atoms with van der Waals surface area (Å²) in [5.74, 6) is 0.340. The number of amides is 1. The van der Waals surface area contributed by atoms with Crippen LogP contribution in [0.4, 0.5) is 0 Å². The van der Waals surface area contributed by atoms with E-state index in [9.17, 15) is 4.79 Å². The van der Waals surface area contributed by atoms with E-state index in [4.69, 9.17) is 4.74 Å². The van der Waals surface area contributed by atoms with Crippen LogP contribution in [0.3, 0.4) is 0 Å².